The second kappa shape index (κ2) is 8.23. The molecule has 0 radical (unpaired) electrons. The lowest BCUT2D eigenvalue weighted by atomic mass is 10.2. The molecule has 1 aromatic carbocycles. The third kappa shape index (κ3) is 3.89. The molecule has 0 atom stereocenters. The Kier molecular flexibility index (Phi) is 5.47. The molecule has 31 heavy (non-hydrogen) atoms. The SMILES string of the molecule is CCN(Cc1cc(=O)n2c(C)csc2n1)c1c(N)n(Cc2ccccc2)c(=O)[nH]c1=O. The zero-order valence-corrected chi connectivity index (χ0v) is 18.0. The molecule has 0 fully saturated rings. The van der Waals surface area contributed by atoms with Crippen LogP contribution in [0, 0.1) is 6.92 Å². The zero-order chi connectivity index (χ0) is 22.1. The minimum absolute atomic E-state index is 0.0734. The van der Waals surface area contributed by atoms with Gasteiger partial charge in [0.15, 0.2) is 4.96 Å². The first kappa shape index (κ1) is 20.6. The van der Waals surface area contributed by atoms with Gasteiger partial charge in [0, 0.05) is 23.7 Å². The van der Waals surface area contributed by atoms with Crippen LogP contribution in [0.4, 0.5) is 11.5 Å². The summed E-state index contributed by atoms with van der Waals surface area (Å²) in [6.07, 6.45) is 0. The number of benzene rings is 1. The van der Waals surface area contributed by atoms with E-state index in [0.29, 0.717) is 17.2 Å². The summed E-state index contributed by atoms with van der Waals surface area (Å²) in [4.78, 5) is 46.8. The number of aromatic nitrogens is 4. The number of nitrogen functional groups attached to an aromatic ring is 1. The number of nitrogens with zero attached hydrogens (tertiary/aromatic N) is 4. The Morgan fingerprint density at radius 2 is 1.94 bits per heavy atom. The van der Waals surface area contributed by atoms with Crippen LogP contribution in [0.3, 0.4) is 0 Å². The first-order valence-electron chi connectivity index (χ1n) is 9.77. The van der Waals surface area contributed by atoms with Gasteiger partial charge in [-0.2, -0.15) is 0 Å². The van der Waals surface area contributed by atoms with Crippen LogP contribution in [0.1, 0.15) is 23.9 Å². The summed E-state index contributed by atoms with van der Waals surface area (Å²) in [5.74, 6) is 0.0734. The van der Waals surface area contributed by atoms with E-state index in [-0.39, 0.29) is 30.2 Å². The fourth-order valence-electron chi connectivity index (χ4n) is 3.53. The van der Waals surface area contributed by atoms with Crippen LogP contribution in [-0.2, 0) is 13.1 Å². The summed E-state index contributed by atoms with van der Waals surface area (Å²) >= 11 is 1.38. The van der Waals surface area contributed by atoms with Gasteiger partial charge in [-0.05, 0) is 19.4 Å². The molecule has 3 aromatic heterocycles. The van der Waals surface area contributed by atoms with Gasteiger partial charge in [-0.3, -0.25) is 23.5 Å². The van der Waals surface area contributed by atoms with E-state index in [1.807, 2.05) is 49.6 Å². The Morgan fingerprint density at radius 1 is 1.19 bits per heavy atom. The number of aromatic amines is 1. The smallest absolute Gasteiger partial charge is 0.330 e. The molecule has 0 spiro atoms. The normalized spacial score (nSPS) is 11.2. The monoisotopic (exact) mass is 438 g/mol. The molecule has 160 valence electrons. The molecular formula is C21H22N6O3S. The molecule has 0 aliphatic heterocycles. The fraction of sp³-hybridized carbons (Fsp3) is 0.238. The average molecular weight is 439 g/mol. The molecule has 4 aromatic rings. The molecule has 0 amide bonds. The van der Waals surface area contributed by atoms with Crippen molar-refractivity contribution in [1.82, 2.24) is 18.9 Å². The van der Waals surface area contributed by atoms with Crippen LogP contribution in [-0.4, -0.2) is 25.5 Å². The number of hydrogen-bond donors (Lipinski definition) is 2. The Labute approximate surface area is 181 Å². The average Bonchev–Trinajstić information content (AvgIpc) is 3.12. The molecule has 0 saturated heterocycles. The molecule has 3 N–H and O–H groups in total. The molecule has 0 saturated carbocycles. The molecule has 4 rings (SSSR count). The summed E-state index contributed by atoms with van der Waals surface area (Å²) < 4.78 is 2.88. The Balaban J connectivity index is 1.75. The number of nitrogens with two attached hydrogens (primary N) is 1. The predicted octanol–water partition coefficient (Wildman–Crippen LogP) is 1.57. The van der Waals surface area contributed by atoms with Crippen LogP contribution in [0.5, 0.6) is 0 Å². The van der Waals surface area contributed by atoms with Crippen LogP contribution < -0.4 is 27.4 Å². The molecular weight excluding hydrogens is 416 g/mol. The molecule has 0 aliphatic rings. The van der Waals surface area contributed by atoms with Gasteiger partial charge in [0.05, 0.1) is 18.8 Å². The van der Waals surface area contributed by atoms with Crippen LogP contribution >= 0.6 is 11.3 Å². The van der Waals surface area contributed by atoms with E-state index in [1.54, 1.807) is 9.30 Å². The van der Waals surface area contributed by atoms with Gasteiger partial charge < -0.3 is 10.6 Å². The minimum Gasteiger partial charge on any atom is -0.383 e. The zero-order valence-electron chi connectivity index (χ0n) is 17.2. The lowest BCUT2D eigenvalue weighted by Gasteiger charge is -2.24. The van der Waals surface area contributed by atoms with Crippen molar-refractivity contribution < 1.29 is 0 Å². The first-order chi connectivity index (χ1) is 14.9. The number of thiazole rings is 1. The molecule has 9 nitrogen and oxygen atoms in total. The molecule has 10 heteroatoms. The highest BCUT2D eigenvalue weighted by Gasteiger charge is 2.19. The van der Waals surface area contributed by atoms with Crippen molar-refractivity contribution >= 4 is 27.8 Å². The highest BCUT2D eigenvalue weighted by molar-refractivity contribution is 7.15. The topological polar surface area (TPSA) is 118 Å². The standard InChI is InChI=1S/C21H22N6O3S/c1-3-25(11-15-9-16(28)27-13(2)12-31-21(27)23-15)17-18(22)26(20(30)24-19(17)29)10-14-7-5-4-6-8-14/h4-9,12H,3,10-11,22H2,1-2H3,(H,24,29,30). The van der Waals surface area contributed by atoms with E-state index in [0.717, 1.165) is 11.3 Å². The maximum atomic E-state index is 12.7. The van der Waals surface area contributed by atoms with Crippen molar-refractivity contribution in [1.29, 1.82) is 0 Å². The van der Waals surface area contributed by atoms with Gasteiger partial charge in [0.25, 0.3) is 11.1 Å². The summed E-state index contributed by atoms with van der Waals surface area (Å²) in [5.41, 5.74) is 7.40. The largest absolute Gasteiger partial charge is 0.383 e. The molecule has 0 bridgehead atoms. The Hall–Kier alpha value is -3.66. The van der Waals surface area contributed by atoms with E-state index >= 15 is 0 Å². The van der Waals surface area contributed by atoms with Gasteiger partial charge in [-0.15, -0.1) is 11.3 Å². The first-order valence-corrected chi connectivity index (χ1v) is 10.6. The van der Waals surface area contributed by atoms with E-state index in [2.05, 4.69) is 9.97 Å². The lowest BCUT2D eigenvalue weighted by Crippen LogP contribution is -2.38. The molecule has 3 heterocycles. The van der Waals surface area contributed by atoms with Crippen molar-refractivity contribution in [3.63, 3.8) is 0 Å². The second-order valence-electron chi connectivity index (χ2n) is 7.16. The van der Waals surface area contributed by atoms with Gasteiger partial charge in [0.2, 0.25) is 0 Å². The number of nitrogens with one attached hydrogen (secondary N) is 1. The fourth-order valence-corrected chi connectivity index (χ4v) is 4.42. The van der Waals surface area contributed by atoms with Crippen LogP contribution in [0.15, 0.2) is 56.2 Å². The number of anilines is 2. The van der Waals surface area contributed by atoms with Crippen molar-refractivity contribution in [2.24, 2.45) is 0 Å². The number of H-pyrrole nitrogens is 1. The number of hydrogen-bond acceptors (Lipinski definition) is 7. The van der Waals surface area contributed by atoms with Crippen LogP contribution in [0.2, 0.25) is 0 Å². The number of aryl methyl sites for hydroxylation is 1. The van der Waals surface area contributed by atoms with E-state index in [4.69, 9.17) is 5.73 Å². The van der Waals surface area contributed by atoms with E-state index in [9.17, 15) is 14.4 Å². The van der Waals surface area contributed by atoms with Crippen molar-refractivity contribution in [2.75, 3.05) is 17.2 Å². The van der Waals surface area contributed by atoms with Gasteiger partial charge in [-0.25, -0.2) is 9.78 Å². The van der Waals surface area contributed by atoms with Crippen LogP contribution in [0.25, 0.3) is 4.96 Å². The van der Waals surface area contributed by atoms with Crippen molar-refractivity contribution in [3.8, 4) is 0 Å². The van der Waals surface area contributed by atoms with Crippen molar-refractivity contribution in [3.05, 3.63) is 89.9 Å². The third-order valence-electron chi connectivity index (χ3n) is 5.08. The Bertz CT molecular complexity index is 1420. The minimum atomic E-state index is -0.571. The van der Waals surface area contributed by atoms with Gasteiger partial charge in [-0.1, -0.05) is 30.3 Å². The Morgan fingerprint density at radius 3 is 2.65 bits per heavy atom. The lowest BCUT2D eigenvalue weighted by molar-refractivity contribution is 0.715. The highest BCUT2D eigenvalue weighted by atomic mass is 32.1. The molecule has 0 unspecified atom stereocenters. The van der Waals surface area contributed by atoms with E-state index in [1.165, 1.54) is 22.0 Å². The van der Waals surface area contributed by atoms with E-state index < -0.39 is 11.2 Å². The predicted molar refractivity (Wildman–Crippen MR) is 122 cm³/mol. The summed E-state index contributed by atoms with van der Waals surface area (Å²) in [5, 5.41) is 1.87. The quantitative estimate of drug-likeness (QED) is 0.472. The molecule has 0 aliphatic carbocycles. The highest BCUT2D eigenvalue weighted by Crippen LogP contribution is 2.20. The van der Waals surface area contributed by atoms with Gasteiger partial charge in [0.1, 0.15) is 11.5 Å². The summed E-state index contributed by atoms with van der Waals surface area (Å²) in [7, 11) is 0. The third-order valence-corrected chi connectivity index (χ3v) is 6.02. The summed E-state index contributed by atoms with van der Waals surface area (Å²) in [6.45, 7) is 4.58. The second-order valence-corrected chi connectivity index (χ2v) is 8.00. The maximum absolute atomic E-state index is 12.7. The van der Waals surface area contributed by atoms with Crippen molar-refractivity contribution in [2.45, 2.75) is 26.9 Å². The maximum Gasteiger partial charge on any atom is 0.330 e. The number of fused-ring (bicyclic) bond motifs is 1. The van der Waals surface area contributed by atoms with Gasteiger partial charge >= 0.3 is 5.69 Å². The summed E-state index contributed by atoms with van der Waals surface area (Å²) in [6, 6.07) is 10.8. The number of rotatable bonds is 6.